The summed E-state index contributed by atoms with van der Waals surface area (Å²) in [4.78, 5) is 0. The minimum Gasteiger partial charge on any atom is -0.399 e. The lowest BCUT2D eigenvalue weighted by molar-refractivity contribution is -0.276. The van der Waals surface area contributed by atoms with E-state index in [1.807, 2.05) is 19.1 Å². The van der Waals surface area contributed by atoms with Crippen molar-refractivity contribution in [2.45, 2.75) is 76.9 Å². The van der Waals surface area contributed by atoms with E-state index in [-0.39, 0.29) is 0 Å². The van der Waals surface area contributed by atoms with Crippen LogP contribution in [-0.4, -0.2) is 12.5 Å². The standard InChI is InChI=1S/C27H29F7O2/c1-2-3-4-5-18-6-10-21(11-7-18)22-12-8-19(9-13-22)17-35-26(30,31)16-20-14-23(28)25(24(29)15-20)36-27(32,33)34/h2-3,8-9,12-15,18,21H,4-7,10-11,16-17H2,1H3. The average molecular weight is 519 g/mol. The van der Waals surface area contributed by atoms with E-state index in [9.17, 15) is 30.7 Å². The van der Waals surface area contributed by atoms with Gasteiger partial charge in [0.05, 0.1) is 13.0 Å². The van der Waals surface area contributed by atoms with Crippen LogP contribution in [0.25, 0.3) is 0 Å². The van der Waals surface area contributed by atoms with Gasteiger partial charge >= 0.3 is 12.5 Å². The van der Waals surface area contributed by atoms with Crippen LogP contribution in [0.1, 0.15) is 68.1 Å². The normalized spacial score (nSPS) is 19.1. The summed E-state index contributed by atoms with van der Waals surface area (Å²) in [5.74, 6) is -3.99. The lowest BCUT2D eigenvalue weighted by atomic mass is 9.77. The van der Waals surface area contributed by atoms with Crippen LogP contribution in [0.15, 0.2) is 48.6 Å². The SMILES string of the molecule is CC=CCCC1CCC(c2ccc(COC(F)(F)Cc3cc(F)c(OC(F)(F)F)c(F)c3)cc2)CC1. The molecule has 0 atom stereocenters. The van der Waals surface area contributed by atoms with E-state index in [0.29, 0.717) is 23.6 Å². The molecule has 0 spiro atoms. The zero-order valence-electron chi connectivity index (χ0n) is 19.9. The molecule has 198 valence electrons. The van der Waals surface area contributed by atoms with Crippen LogP contribution in [0.2, 0.25) is 0 Å². The molecule has 2 nitrogen and oxygen atoms in total. The fourth-order valence-corrected chi connectivity index (χ4v) is 4.57. The molecule has 2 aromatic rings. The average Bonchev–Trinajstić information content (AvgIpc) is 2.80. The van der Waals surface area contributed by atoms with E-state index >= 15 is 0 Å². The molecule has 1 fully saturated rings. The molecule has 0 unspecified atom stereocenters. The Labute approximate surface area is 206 Å². The third-order valence-corrected chi connectivity index (χ3v) is 6.41. The van der Waals surface area contributed by atoms with E-state index in [0.717, 1.165) is 30.7 Å². The highest BCUT2D eigenvalue weighted by molar-refractivity contribution is 5.32. The molecule has 0 heterocycles. The second-order valence-electron chi connectivity index (χ2n) is 9.14. The third kappa shape index (κ3) is 8.54. The van der Waals surface area contributed by atoms with Crippen molar-refractivity contribution in [1.82, 2.24) is 0 Å². The molecule has 1 aliphatic rings. The summed E-state index contributed by atoms with van der Waals surface area (Å²) in [7, 11) is 0. The van der Waals surface area contributed by atoms with Crippen molar-refractivity contribution in [3.8, 4) is 5.75 Å². The van der Waals surface area contributed by atoms with Gasteiger partial charge in [0, 0.05) is 0 Å². The first kappa shape index (κ1) is 28.0. The van der Waals surface area contributed by atoms with Gasteiger partial charge in [0.25, 0.3) is 0 Å². The maximum atomic E-state index is 14.3. The molecule has 0 radical (unpaired) electrons. The van der Waals surface area contributed by atoms with Crippen LogP contribution in [0.5, 0.6) is 5.75 Å². The summed E-state index contributed by atoms with van der Waals surface area (Å²) in [5, 5.41) is 0. The van der Waals surface area contributed by atoms with Gasteiger partial charge in [0.2, 0.25) is 5.75 Å². The fraction of sp³-hybridized carbons (Fsp3) is 0.481. The minimum atomic E-state index is -5.32. The van der Waals surface area contributed by atoms with Gasteiger partial charge in [-0.1, -0.05) is 36.4 Å². The van der Waals surface area contributed by atoms with Gasteiger partial charge in [-0.15, -0.1) is 13.2 Å². The van der Waals surface area contributed by atoms with Crippen molar-refractivity contribution in [3.63, 3.8) is 0 Å². The van der Waals surface area contributed by atoms with Gasteiger partial charge in [0.1, 0.15) is 0 Å². The van der Waals surface area contributed by atoms with Crippen LogP contribution in [0.3, 0.4) is 0 Å². The van der Waals surface area contributed by atoms with Crippen LogP contribution < -0.4 is 4.74 Å². The molecule has 9 heteroatoms. The van der Waals surface area contributed by atoms with E-state index in [1.54, 1.807) is 12.1 Å². The van der Waals surface area contributed by atoms with E-state index in [1.165, 1.54) is 19.3 Å². The van der Waals surface area contributed by atoms with Gasteiger partial charge in [0.15, 0.2) is 11.6 Å². The summed E-state index contributed by atoms with van der Waals surface area (Å²) in [6, 6.07) is 7.98. The van der Waals surface area contributed by atoms with Crippen LogP contribution in [0, 0.1) is 17.6 Å². The van der Waals surface area contributed by atoms with Gasteiger partial charge in [-0.2, -0.15) is 8.78 Å². The largest absolute Gasteiger partial charge is 0.573 e. The molecule has 0 N–H and O–H groups in total. The van der Waals surface area contributed by atoms with Gasteiger partial charge in [-0.05, 0) is 86.1 Å². The number of benzene rings is 2. The first-order chi connectivity index (χ1) is 17.0. The second-order valence-corrected chi connectivity index (χ2v) is 9.14. The Morgan fingerprint density at radius 3 is 2.06 bits per heavy atom. The molecule has 0 aromatic heterocycles. The van der Waals surface area contributed by atoms with Crippen molar-refractivity contribution < 1.29 is 40.2 Å². The Morgan fingerprint density at radius 1 is 0.889 bits per heavy atom. The Hall–Kier alpha value is -2.55. The molecule has 0 saturated heterocycles. The number of alkyl halides is 5. The smallest absolute Gasteiger partial charge is 0.399 e. The highest BCUT2D eigenvalue weighted by Gasteiger charge is 2.35. The van der Waals surface area contributed by atoms with Gasteiger partial charge in [-0.3, -0.25) is 0 Å². The fourth-order valence-electron chi connectivity index (χ4n) is 4.57. The monoisotopic (exact) mass is 518 g/mol. The first-order valence-corrected chi connectivity index (χ1v) is 11.9. The Bertz CT molecular complexity index is 985. The Morgan fingerprint density at radius 2 is 1.50 bits per heavy atom. The number of hydrogen-bond donors (Lipinski definition) is 0. The molecule has 0 amide bonds. The zero-order chi connectivity index (χ0) is 26.3. The quantitative estimate of drug-likeness (QED) is 0.231. The number of ether oxygens (including phenoxy) is 2. The van der Waals surface area contributed by atoms with E-state index < -0.39 is 48.4 Å². The molecule has 0 bridgehead atoms. The predicted molar refractivity (Wildman–Crippen MR) is 122 cm³/mol. The molecule has 1 saturated carbocycles. The van der Waals surface area contributed by atoms with Gasteiger partial charge < -0.3 is 9.47 Å². The highest BCUT2D eigenvalue weighted by Crippen LogP contribution is 2.38. The number of hydrogen-bond acceptors (Lipinski definition) is 2. The summed E-state index contributed by atoms with van der Waals surface area (Å²) >= 11 is 0. The van der Waals surface area contributed by atoms with Gasteiger partial charge in [-0.25, -0.2) is 8.78 Å². The van der Waals surface area contributed by atoms with Crippen LogP contribution >= 0.6 is 0 Å². The van der Waals surface area contributed by atoms with E-state index in [2.05, 4.69) is 21.6 Å². The van der Waals surface area contributed by atoms with E-state index in [4.69, 9.17) is 0 Å². The maximum absolute atomic E-state index is 14.3. The minimum absolute atomic E-state index is 0.367. The predicted octanol–water partition coefficient (Wildman–Crippen LogP) is 8.85. The Balaban J connectivity index is 1.51. The molecule has 3 rings (SSSR count). The van der Waals surface area contributed by atoms with Crippen LogP contribution in [-0.2, 0) is 17.8 Å². The first-order valence-electron chi connectivity index (χ1n) is 11.9. The number of halogens is 7. The summed E-state index contributed by atoms with van der Waals surface area (Å²) in [5.41, 5.74) is 1.09. The molecule has 2 aromatic carbocycles. The number of rotatable bonds is 10. The van der Waals surface area contributed by atoms with Crippen molar-refractivity contribution in [2.75, 3.05) is 0 Å². The summed E-state index contributed by atoms with van der Waals surface area (Å²) < 4.78 is 101. The third-order valence-electron chi connectivity index (χ3n) is 6.41. The molecular formula is C27H29F7O2. The van der Waals surface area contributed by atoms with Crippen molar-refractivity contribution in [1.29, 1.82) is 0 Å². The zero-order valence-corrected chi connectivity index (χ0v) is 19.9. The molecular weight excluding hydrogens is 489 g/mol. The molecule has 36 heavy (non-hydrogen) atoms. The Kier molecular flexibility index (Phi) is 9.44. The lowest BCUT2D eigenvalue weighted by Crippen LogP contribution is -2.24. The molecule has 1 aliphatic carbocycles. The van der Waals surface area contributed by atoms with Crippen LogP contribution in [0.4, 0.5) is 30.7 Å². The summed E-state index contributed by atoms with van der Waals surface area (Å²) in [6.07, 6.45) is 0.751. The van der Waals surface area contributed by atoms with Crippen molar-refractivity contribution >= 4 is 0 Å². The topological polar surface area (TPSA) is 18.5 Å². The maximum Gasteiger partial charge on any atom is 0.573 e. The second kappa shape index (κ2) is 12.1. The number of allylic oxidation sites excluding steroid dienone is 2. The van der Waals surface area contributed by atoms with Crippen molar-refractivity contribution in [3.05, 3.63) is 76.9 Å². The molecule has 0 aliphatic heterocycles. The van der Waals surface area contributed by atoms with Crippen molar-refractivity contribution in [2.24, 2.45) is 5.92 Å². The highest BCUT2D eigenvalue weighted by atomic mass is 19.4. The lowest BCUT2D eigenvalue weighted by Gasteiger charge is -2.28. The summed E-state index contributed by atoms with van der Waals surface area (Å²) in [6.45, 7) is 1.58.